The quantitative estimate of drug-likeness (QED) is 0.387. The molecule has 0 fully saturated rings. The Balaban J connectivity index is 2.16. The van der Waals surface area contributed by atoms with Crippen molar-refractivity contribution >= 4 is 46.5 Å². The van der Waals surface area contributed by atoms with E-state index in [2.05, 4.69) is 5.32 Å². The number of amides is 1. The number of nitro benzene ring substituents is 1. The van der Waals surface area contributed by atoms with Gasteiger partial charge in [0.05, 0.1) is 21.2 Å². The second kappa shape index (κ2) is 8.66. The number of rotatable bonds is 5. The van der Waals surface area contributed by atoms with E-state index in [1.54, 1.807) is 0 Å². The number of carbonyl (C=O) groups is 2. The molecule has 1 atom stereocenters. The van der Waals surface area contributed by atoms with Crippen molar-refractivity contribution in [2.45, 2.75) is 19.2 Å². The molecule has 0 radical (unpaired) electrons. The Morgan fingerprint density at radius 2 is 1.83 bits per heavy atom. The third-order valence-electron chi connectivity index (χ3n) is 3.58. The molecule has 0 aromatic heterocycles. The van der Waals surface area contributed by atoms with Crippen LogP contribution in [0.1, 0.15) is 22.8 Å². The van der Waals surface area contributed by atoms with Crippen molar-refractivity contribution in [2.75, 3.05) is 5.32 Å². The number of hydrogen-bond acceptors (Lipinski definition) is 5. The number of hydrogen-bond donors (Lipinski definition) is 1. The molecule has 2 aromatic rings. The maximum absolute atomic E-state index is 12.8. The first-order valence-corrected chi connectivity index (χ1v) is 8.48. The zero-order valence-electron chi connectivity index (χ0n) is 14.4. The van der Waals surface area contributed by atoms with E-state index in [-0.39, 0.29) is 15.7 Å². The van der Waals surface area contributed by atoms with Crippen LogP contribution in [0.25, 0.3) is 0 Å². The summed E-state index contributed by atoms with van der Waals surface area (Å²) in [4.78, 5) is 34.6. The van der Waals surface area contributed by atoms with Gasteiger partial charge in [-0.05, 0) is 37.3 Å². The lowest BCUT2D eigenvalue weighted by molar-refractivity contribution is -0.385. The summed E-state index contributed by atoms with van der Waals surface area (Å²) in [5, 5.41) is 13.0. The summed E-state index contributed by atoms with van der Waals surface area (Å²) in [6.45, 7) is 1.14. The lowest BCUT2D eigenvalue weighted by atomic mass is 10.2. The molecule has 1 N–H and O–H groups in total. The van der Waals surface area contributed by atoms with E-state index >= 15 is 0 Å². The van der Waals surface area contributed by atoms with E-state index < -0.39 is 45.9 Å². The number of anilines is 1. The van der Waals surface area contributed by atoms with Gasteiger partial charge in [-0.2, -0.15) is 13.2 Å². The predicted octanol–water partition coefficient (Wildman–Crippen LogP) is 5.10. The summed E-state index contributed by atoms with van der Waals surface area (Å²) in [6.07, 6.45) is -6.15. The highest BCUT2D eigenvalue weighted by Crippen LogP contribution is 2.34. The molecule has 154 valence electrons. The molecule has 0 aliphatic rings. The van der Waals surface area contributed by atoms with E-state index in [4.69, 9.17) is 27.9 Å². The Labute approximate surface area is 171 Å². The highest BCUT2D eigenvalue weighted by atomic mass is 35.5. The molecule has 0 aliphatic heterocycles. The lowest BCUT2D eigenvalue weighted by Gasteiger charge is -2.15. The van der Waals surface area contributed by atoms with Gasteiger partial charge in [0.2, 0.25) is 0 Å². The van der Waals surface area contributed by atoms with Crippen LogP contribution < -0.4 is 5.32 Å². The monoisotopic (exact) mass is 450 g/mol. The number of esters is 1. The molecule has 12 heteroatoms. The standard InChI is InChI=1S/C17H11Cl2F3N2O5/c1-8(29-16(26)11-4-3-10(18)7-14(11)24(27)28)15(25)23-13-6-9(17(20,21)22)2-5-12(13)19/h2-8H,1H3,(H,23,25). The SMILES string of the molecule is CC(OC(=O)c1ccc(Cl)cc1[N+](=O)[O-])C(=O)Nc1cc(C(F)(F)F)ccc1Cl. The van der Waals surface area contributed by atoms with Gasteiger partial charge in [0.15, 0.2) is 6.10 Å². The van der Waals surface area contributed by atoms with Crippen molar-refractivity contribution in [3.05, 3.63) is 67.7 Å². The molecular formula is C17H11Cl2F3N2O5. The Morgan fingerprint density at radius 1 is 1.17 bits per heavy atom. The molecular weight excluding hydrogens is 440 g/mol. The fourth-order valence-corrected chi connectivity index (χ4v) is 2.47. The lowest BCUT2D eigenvalue weighted by Crippen LogP contribution is -2.30. The molecule has 0 bridgehead atoms. The third kappa shape index (κ3) is 5.58. The number of ether oxygens (including phenoxy) is 1. The zero-order chi connectivity index (χ0) is 21.9. The van der Waals surface area contributed by atoms with Crippen LogP contribution in [0.4, 0.5) is 24.5 Å². The molecule has 2 aromatic carbocycles. The van der Waals surface area contributed by atoms with Gasteiger partial charge in [0.1, 0.15) is 5.56 Å². The normalized spacial score (nSPS) is 12.2. The molecule has 7 nitrogen and oxygen atoms in total. The average molecular weight is 451 g/mol. The number of alkyl halides is 3. The first kappa shape index (κ1) is 22.4. The van der Waals surface area contributed by atoms with E-state index in [1.807, 2.05) is 0 Å². The summed E-state index contributed by atoms with van der Waals surface area (Å²) in [6, 6.07) is 5.52. The minimum absolute atomic E-state index is 0.0122. The van der Waals surface area contributed by atoms with Crippen molar-refractivity contribution < 1.29 is 32.4 Å². The van der Waals surface area contributed by atoms with Gasteiger partial charge in [0, 0.05) is 11.1 Å². The fourth-order valence-electron chi connectivity index (χ4n) is 2.14. The van der Waals surface area contributed by atoms with Crippen LogP contribution in [0.3, 0.4) is 0 Å². The second-order valence-electron chi connectivity index (χ2n) is 5.65. The molecule has 2 rings (SSSR count). The molecule has 0 heterocycles. The number of nitro groups is 1. The molecule has 1 unspecified atom stereocenters. The summed E-state index contributed by atoms with van der Waals surface area (Å²) in [5.74, 6) is -2.18. The van der Waals surface area contributed by atoms with Crippen LogP contribution in [0.2, 0.25) is 10.0 Å². The van der Waals surface area contributed by atoms with Crippen LogP contribution in [0.15, 0.2) is 36.4 Å². The van der Waals surface area contributed by atoms with Gasteiger partial charge in [-0.1, -0.05) is 23.2 Å². The number of carbonyl (C=O) groups excluding carboxylic acids is 2. The van der Waals surface area contributed by atoms with Crippen molar-refractivity contribution in [1.82, 2.24) is 0 Å². The Bertz CT molecular complexity index is 982. The fraction of sp³-hybridized carbons (Fsp3) is 0.176. The van der Waals surface area contributed by atoms with Gasteiger partial charge < -0.3 is 10.1 Å². The van der Waals surface area contributed by atoms with Crippen molar-refractivity contribution in [3.63, 3.8) is 0 Å². The summed E-state index contributed by atoms with van der Waals surface area (Å²) < 4.78 is 43.3. The van der Waals surface area contributed by atoms with Crippen LogP contribution in [-0.2, 0) is 15.7 Å². The van der Waals surface area contributed by atoms with Crippen LogP contribution in [0.5, 0.6) is 0 Å². The van der Waals surface area contributed by atoms with Crippen LogP contribution in [0, 0.1) is 10.1 Å². The van der Waals surface area contributed by atoms with E-state index in [1.165, 1.54) is 6.07 Å². The topological polar surface area (TPSA) is 98.5 Å². The maximum atomic E-state index is 12.8. The van der Waals surface area contributed by atoms with Crippen LogP contribution in [-0.4, -0.2) is 22.9 Å². The first-order valence-electron chi connectivity index (χ1n) is 7.72. The van der Waals surface area contributed by atoms with Gasteiger partial charge in [-0.3, -0.25) is 14.9 Å². The molecule has 0 saturated heterocycles. The molecule has 0 aliphatic carbocycles. The van der Waals surface area contributed by atoms with Gasteiger partial charge >= 0.3 is 12.1 Å². The number of nitrogens with zero attached hydrogens (tertiary/aromatic N) is 1. The minimum Gasteiger partial charge on any atom is -0.449 e. The minimum atomic E-state index is -4.66. The van der Waals surface area contributed by atoms with Crippen molar-refractivity contribution in [1.29, 1.82) is 0 Å². The van der Waals surface area contributed by atoms with Crippen molar-refractivity contribution in [2.24, 2.45) is 0 Å². The zero-order valence-corrected chi connectivity index (χ0v) is 15.9. The largest absolute Gasteiger partial charge is 0.449 e. The molecule has 0 saturated carbocycles. The Morgan fingerprint density at radius 3 is 2.41 bits per heavy atom. The third-order valence-corrected chi connectivity index (χ3v) is 4.15. The number of nitrogens with one attached hydrogen (secondary N) is 1. The smallest absolute Gasteiger partial charge is 0.416 e. The summed E-state index contributed by atoms with van der Waals surface area (Å²) in [5.41, 5.74) is -2.46. The Hall–Kier alpha value is -2.85. The highest BCUT2D eigenvalue weighted by molar-refractivity contribution is 6.33. The highest BCUT2D eigenvalue weighted by Gasteiger charge is 2.31. The Kier molecular flexibility index (Phi) is 6.70. The van der Waals surface area contributed by atoms with E-state index in [9.17, 15) is 32.9 Å². The molecule has 1 amide bonds. The predicted molar refractivity (Wildman–Crippen MR) is 98.1 cm³/mol. The summed E-state index contributed by atoms with van der Waals surface area (Å²) >= 11 is 11.4. The van der Waals surface area contributed by atoms with Gasteiger partial charge in [0.25, 0.3) is 11.6 Å². The molecule has 29 heavy (non-hydrogen) atoms. The summed E-state index contributed by atoms with van der Waals surface area (Å²) in [7, 11) is 0. The number of benzene rings is 2. The van der Waals surface area contributed by atoms with E-state index in [0.717, 1.165) is 31.2 Å². The second-order valence-corrected chi connectivity index (χ2v) is 6.49. The van der Waals surface area contributed by atoms with Crippen molar-refractivity contribution in [3.8, 4) is 0 Å². The van der Waals surface area contributed by atoms with E-state index in [0.29, 0.717) is 6.07 Å². The molecule has 0 spiro atoms. The van der Waals surface area contributed by atoms with Gasteiger partial charge in [-0.15, -0.1) is 0 Å². The van der Waals surface area contributed by atoms with Crippen LogP contribution >= 0.6 is 23.2 Å². The average Bonchev–Trinajstić information content (AvgIpc) is 2.62. The first-order chi connectivity index (χ1) is 13.4. The number of halogens is 5. The maximum Gasteiger partial charge on any atom is 0.416 e. The van der Waals surface area contributed by atoms with Gasteiger partial charge in [-0.25, -0.2) is 4.79 Å².